The average molecular weight is 481 g/mol. The number of aliphatic hydroxyl groups is 1. The molecular formula is C25H25FN4O3S. The molecule has 0 unspecified atom stereocenters. The number of thioether (sulfide) groups is 1. The van der Waals surface area contributed by atoms with E-state index >= 15 is 0 Å². The normalized spacial score (nSPS) is 11.1. The summed E-state index contributed by atoms with van der Waals surface area (Å²) in [7, 11) is 0. The quantitative estimate of drug-likeness (QED) is 0.184. The van der Waals surface area contributed by atoms with Crippen LogP contribution in [0.4, 0.5) is 15.8 Å². The lowest BCUT2D eigenvalue weighted by Gasteiger charge is -2.14. The Kier molecular flexibility index (Phi) is 7.46. The second-order valence-corrected chi connectivity index (χ2v) is 8.54. The number of amides is 1. The first-order valence-corrected chi connectivity index (χ1v) is 11.9. The number of carbonyl (C=O) groups is 1. The molecule has 0 saturated heterocycles. The SMILES string of the molecule is CSc1ccc(Cn2c(C(=O)NOCCO)c(Nc3ccc(C)cc3F)c3cnccc32)cc1. The molecule has 0 aliphatic carbocycles. The van der Waals surface area contributed by atoms with E-state index in [0.717, 1.165) is 21.5 Å². The topological polar surface area (TPSA) is 88.4 Å². The lowest BCUT2D eigenvalue weighted by atomic mass is 10.2. The van der Waals surface area contributed by atoms with E-state index in [2.05, 4.69) is 15.8 Å². The predicted octanol–water partition coefficient (Wildman–Crippen LogP) is 4.65. The second kappa shape index (κ2) is 10.7. The van der Waals surface area contributed by atoms with Crippen LogP contribution in [0.25, 0.3) is 10.9 Å². The lowest BCUT2D eigenvalue weighted by Crippen LogP contribution is -2.28. The third-order valence-electron chi connectivity index (χ3n) is 5.32. The Balaban J connectivity index is 1.84. The molecule has 0 atom stereocenters. The first kappa shape index (κ1) is 23.7. The van der Waals surface area contributed by atoms with E-state index in [0.29, 0.717) is 17.6 Å². The molecule has 7 nitrogen and oxygen atoms in total. The van der Waals surface area contributed by atoms with Crippen LogP contribution in [0.2, 0.25) is 0 Å². The smallest absolute Gasteiger partial charge is 0.293 e. The number of nitrogens with zero attached hydrogens (tertiary/aromatic N) is 2. The average Bonchev–Trinajstić information content (AvgIpc) is 3.14. The third kappa shape index (κ3) is 5.06. The molecular weight excluding hydrogens is 455 g/mol. The molecule has 0 bridgehead atoms. The standard InChI is InChI=1S/C25H25FN4O3S/c1-16-3-8-21(20(26)13-16)28-23-19-14-27-10-9-22(19)30(24(23)25(32)29-33-12-11-31)15-17-4-6-18(34-2)7-5-17/h3-10,13-14,28,31H,11-12,15H2,1-2H3,(H,29,32). The van der Waals surface area contributed by atoms with Gasteiger partial charge in [0.25, 0.3) is 5.91 Å². The first-order chi connectivity index (χ1) is 16.5. The highest BCUT2D eigenvalue weighted by Gasteiger charge is 2.24. The Morgan fingerprint density at radius 3 is 2.71 bits per heavy atom. The van der Waals surface area contributed by atoms with Gasteiger partial charge in [0.05, 0.1) is 30.1 Å². The van der Waals surface area contributed by atoms with Gasteiger partial charge in [0, 0.05) is 29.2 Å². The van der Waals surface area contributed by atoms with Gasteiger partial charge in [-0.25, -0.2) is 9.87 Å². The van der Waals surface area contributed by atoms with Crippen molar-refractivity contribution in [3.63, 3.8) is 0 Å². The van der Waals surface area contributed by atoms with E-state index in [1.165, 1.54) is 6.07 Å². The fourth-order valence-corrected chi connectivity index (χ4v) is 4.11. The fourth-order valence-electron chi connectivity index (χ4n) is 3.71. The van der Waals surface area contributed by atoms with Gasteiger partial charge in [0.2, 0.25) is 0 Å². The maximum Gasteiger partial charge on any atom is 0.293 e. The van der Waals surface area contributed by atoms with Gasteiger partial charge in [-0.3, -0.25) is 14.6 Å². The summed E-state index contributed by atoms with van der Waals surface area (Å²) in [5, 5.41) is 12.8. The number of hydrogen-bond donors (Lipinski definition) is 3. The number of carbonyl (C=O) groups excluding carboxylic acids is 1. The van der Waals surface area contributed by atoms with E-state index in [4.69, 9.17) is 9.94 Å². The monoisotopic (exact) mass is 480 g/mol. The first-order valence-electron chi connectivity index (χ1n) is 10.7. The van der Waals surface area contributed by atoms with E-state index in [1.807, 2.05) is 48.1 Å². The van der Waals surface area contributed by atoms with Gasteiger partial charge in [0.15, 0.2) is 0 Å². The van der Waals surface area contributed by atoms with Gasteiger partial charge in [-0.1, -0.05) is 18.2 Å². The number of nitrogens with one attached hydrogen (secondary N) is 2. The van der Waals surface area contributed by atoms with Crippen LogP contribution < -0.4 is 10.8 Å². The van der Waals surface area contributed by atoms with Gasteiger partial charge in [0.1, 0.15) is 11.5 Å². The summed E-state index contributed by atoms with van der Waals surface area (Å²) < 4.78 is 16.5. The van der Waals surface area contributed by atoms with Crippen LogP contribution in [0.5, 0.6) is 0 Å². The molecule has 0 saturated carbocycles. The molecule has 34 heavy (non-hydrogen) atoms. The Bertz CT molecular complexity index is 1310. The van der Waals surface area contributed by atoms with Crippen LogP contribution in [-0.2, 0) is 11.4 Å². The molecule has 3 N–H and O–H groups in total. The number of rotatable bonds is 9. The van der Waals surface area contributed by atoms with Crippen molar-refractivity contribution in [1.82, 2.24) is 15.0 Å². The minimum absolute atomic E-state index is 0.0565. The molecule has 2 aromatic carbocycles. The molecule has 4 rings (SSSR count). The van der Waals surface area contributed by atoms with Crippen molar-refractivity contribution in [2.45, 2.75) is 18.4 Å². The Morgan fingerprint density at radius 1 is 1.21 bits per heavy atom. The lowest BCUT2D eigenvalue weighted by molar-refractivity contribution is 0.0163. The van der Waals surface area contributed by atoms with E-state index in [9.17, 15) is 9.18 Å². The number of hydroxylamine groups is 1. The van der Waals surface area contributed by atoms with Crippen molar-refractivity contribution in [1.29, 1.82) is 0 Å². The number of aryl methyl sites for hydroxylation is 1. The van der Waals surface area contributed by atoms with Crippen molar-refractivity contribution in [3.8, 4) is 0 Å². The largest absolute Gasteiger partial charge is 0.394 e. The van der Waals surface area contributed by atoms with Gasteiger partial charge >= 0.3 is 0 Å². The summed E-state index contributed by atoms with van der Waals surface area (Å²) in [4.78, 5) is 23.7. The molecule has 0 radical (unpaired) electrons. The zero-order valence-corrected chi connectivity index (χ0v) is 19.7. The zero-order chi connectivity index (χ0) is 24.1. The van der Waals surface area contributed by atoms with E-state index in [1.54, 1.807) is 36.3 Å². The highest BCUT2D eigenvalue weighted by atomic mass is 32.2. The predicted molar refractivity (Wildman–Crippen MR) is 132 cm³/mol. The molecule has 0 aliphatic rings. The Morgan fingerprint density at radius 2 is 2.00 bits per heavy atom. The summed E-state index contributed by atoms with van der Waals surface area (Å²) in [6.07, 6.45) is 5.30. The molecule has 9 heteroatoms. The molecule has 0 aliphatic heterocycles. The number of aromatic nitrogens is 2. The van der Waals surface area contributed by atoms with Gasteiger partial charge in [-0.05, 0) is 54.6 Å². The molecule has 2 heterocycles. The maximum atomic E-state index is 14.7. The van der Waals surface area contributed by atoms with Crippen LogP contribution in [0.1, 0.15) is 21.6 Å². The number of hydrogen-bond acceptors (Lipinski definition) is 6. The van der Waals surface area contributed by atoms with Crippen LogP contribution >= 0.6 is 11.8 Å². The third-order valence-corrected chi connectivity index (χ3v) is 6.07. The van der Waals surface area contributed by atoms with Crippen LogP contribution in [0.15, 0.2) is 65.8 Å². The van der Waals surface area contributed by atoms with Gasteiger partial charge in [-0.2, -0.15) is 0 Å². The number of halogens is 1. The van der Waals surface area contributed by atoms with Crippen LogP contribution in [-0.4, -0.2) is 40.0 Å². The van der Waals surface area contributed by atoms with Crippen LogP contribution in [0, 0.1) is 12.7 Å². The number of anilines is 2. The summed E-state index contributed by atoms with van der Waals surface area (Å²) in [5.41, 5.74) is 5.82. The summed E-state index contributed by atoms with van der Waals surface area (Å²) in [6, 6.07) is 14.7. The van der Waals surface area contributed by atoms with Crippen molar-refractivity contribution in [2.24, 2.45) is 0 Å². The van der Waals surface area contributed by atoms with Crippen molar-refractivity contribution in [3.05, 3.63) is 83.6 Å². The highest BCUT2D eigenvalue weighted by molar-refractivity contribution is 7.98. The molecule has 0 spiro atoms. The molecule has 176 valence electrons. The number of pyridine rings is 1. The van der Waals surface area contributed by atoms with E-state index in [-0.39, 0.29) is 24.6 Å². The van der Waals surface area contributed by atoms with Crippen molar-refractivity contribution in [2.75, 3.05) is 24.8 Å². The molecule has 4 aromatic rings. The minimum atomic E-state index is -0.527. The molecule has 1 amide bonds. The minimum Gasteiger partial charge on any atom is -0.394 e. The zero-order valence-electron chi connectivity index (χ0n) is 18.8. The molecule has 0 fully saturated rings. The van der Waals surface area contributed by atoms with Gasteiger partial charge in [-0.15, -0.1) is 11.8 Å². The Labute approximate surface area is 200 Å². The highest BCUT2D eigenvalue weighted by Crippen LogP contribution is 2.34. The van der Waals surface area contributed by atoms with Crippen molar-refractivity contribution < 1.29 is 19.1 Å². The van der Waals surface area contributed by atoms with Crippen LogP contribution in [0.3, 0.4) is 0 Å². The summed E-state index contributed by atoms with van der Waals surface area (Å²) in [5.74, 6) is -0.958. The summed E-state index contributed by atoms with van der Waals surface area (Å²) in [6.45, 7) is 1.91. The number of aliphatic hydroxyl groups excluding tert-OH is 1. The van der Waals surface area contributed by atoms with E-state index < -0.39 is 11.7 Å². The van der Waals surface area contributed by atoms with Gasteiger partial charge < -0.3 is 15.0 Å². The number of benzene rings is 2. The Hall–Kier alpha value is -3.40. The van der Waals surface area contributed by atoms with Crippen molar-refractivity contribution >= 4 is 39.9 Å². The summed E-state index contributed by atoms with van der Waals surface area (Å²) >= 11 is 1.65. The fraction of sp³-hybridized carbons (Fsp3) is 0.200. The number of fused-ring (bicyclic) bond motifs is 1. The molecule has 2 aromatic heterocycles. The second-order valence-electron chi connectivity index (χ2n) is 7.66. The maximum absolute atomic E-state index is 14.7.